The number of rotatable bonds is 4. The van der Waals surface area contributed by atoms with Gasteiger partial charge in [0.1, 0.15) is 5.76 Å². The summed E-state index contributed by atoms with van der Waals surface area (Å²) in [6, 6.07) is 5.43. The van der Waals surface area contributed by atoms with E-state index in [0.717, 1.165) is 15.8 Å². The first-order chi connectivity index (χ1) is 8.59. The van der Waals surface area contributed by atoms with E-state index in [4.69, 9.17) is 5.11 Å². The van der Waals surface area contributed by atoms with Crippen molar-refractivity contribution >= 4 is 40.2 Å². The number of aliphatic carboxylic acids is 1. The summed E-state index contributed by atoms with van der Waals surface area (Å²) < 4.78 is 0. The van der Waals surface area contributed by atoms with Gasteiger partial charge in [-0.2, -0.15) is 0 Å². The highest BCUT2D eigenvalue weighted by atomic mass is 32.1. The third kappa shape index (κ3) is 2.49. The fourth-order valence-corrected chi connectivity index (χ4v) is 3.16. The Morgan fingerprint density at radius 2 is 1.89 bits per heavy atom. The molecule has 0 spiro atoms. The van der Waals surface area contributed by atoms with Crippen molar-refractivity contribution in [3.05, 3.63) is 40.6 Å². The Morgan fingerprint density at radius 3 is 2.50 bits per heavy atom. The lowest BCUT2D eigenvalue weighted by Gasteiger charge is -2.00. The highest BCUT2D eigenvalue weighted by Crippen LogP contribution is 2.35. The summed E-state index contributed by atoms with van der Waals surface area (Å²) >= 11 is 2.93. The molecule has 0 saturated carbocycles. The van der Waals surface area contributed by atoms with Crippen molar-refractivity contribution < 1.29 is 19.8 Å². The first-order valence-corrected chi connectivity index (χ1v) is 6.65. The van der Waals surface area contributed by atoms with Crippen LogP contribution in [0.1, 0.15) is 5.56 Å². The van der Waals surface area contributed by atoms with Gasteiger partial charge >= 0.3 is 5.97 Å². The molecule has 6 heteroatoms. The van der Waals surface area contributed by atoms with Crippen molar-refractivity contribution in [2.24, 2.45) is 0 Å². The van der Waals surface area contributed by atoms with Crippen LogP contribution in [-0.2, 0) is 9.59 Å². The SMILES string of the molecule is O=C(O)C(=O)C=C(O)c1ccsc1-c1cccs1. The van der Waals surface area contributed by atoms with Crippen LogP contribution in [-0.4, -0.2) is 22.0 Å². The van der Waals surface area contributed by atoms with Gasteiger partial charge in [0.05, 0.1) is 4.88 Å². The Kier molecular flexibility index (Phi) is 3.59. The van der Waals surface area contributed by atoms with Crippen LogP contribution in [0.2, 0.25) is 0 Å². The molecule has 0 aliphatic heterocycles. The maximum Gasteiger partial charge on any atom is 0.376 e. The minimum absolute atomic E-state index is 0.327. The molecule has 2 rings (SSSR count). The van der Waals surface area contributed by atoms with Crippen molar-refractivity contribution in [3.8, 4) is 9.75 Å². The predicted octanol–water partition coefficient (Wildman–Crippen LogP) is 3.03. The van der Waals surface area contributed by atoms with Crippen LogP contribution in [0, 0.1) is 0 Å². The summed E-state index contributed by atoms with van der Waals surface area (Å²) in [7, 11) is 0. The van der Waals surface area contributed by atoms with Gasteiger partial charge in [-0.05, 0) is 22.9 Å². The number of hydrogen-bond acceptors (Lipinski definition) is 5. The zero-order valence-corrected chi connectivity index (χ0v) is 10.6. The van der Waals surface area contributed by atoms with Crippen molar-refractivity contribution in [1.82, 2.24) is 0 Å². The number of carboxylic acids is 1. The lowest BCUT2D eigenvalue weighted by molar-refractivity contribution is -0.146. The fourth-order valence-electron chi connectivity index (χ4n) is 1.37. The van der Waals surface area contributed by atoms with Gasteiger partial charge < -0.3 is 10.2 Å². The number of thiophene rings is 2. The van der Waals surface area contributed by atoms with Gasteiger partial charge in [-0.25, -0.2) is 4.79 Å². The molecular formula is C12H8O4S2. The molecule has 0 aliphatic carbocycles. The van der Waals surface area contributed by atoms with E-state index in [1.54, 1.807) is 11.4 Å². The quantitative estimate of drug-likeness (QED) is 0.513. The summed E-state index contributed by atoms with van der Waals surface area (Å²) in [5.74, 6) is -3.06. The van der Waals surface area contributed by atoms with Crippen LogP contribution in [0.25, 0.3) is 15.5 Å². The van der Waals surface area contributed by atoms with Gasteiger partial charge in [0, 0.05) is 16.5 Å². The molecule has 2 heterocycles. The van der Waals surface area contributed by atoms with E-state index in [9.17, 15) is 14.7 Å². The number of aliphatic hydroxyl groups excluding tert-OH is 1. The zero-order chi connectivity index (χ0) is 13.1. The summed E-state index contributed by atoms with van der Waals surface area (Å²) in [6.07, 6.45) is 0.724. The highest BCUT2D eigenvalue weighted by molar-refractivity contribution is 7.20. The Hall–Kier alpha value is -1.92. The lowest BCUT2D eigenvalue weighted by atomic mass is 10.1. The van der Waals surface area contributed by atoms with E-state index < -0.39 is 11.8 Å². The monoisotopic (exact) mass is 280 g/mol. The second-order valence-corrected chi connectivity index (χ2v) is 5.20. The van der Waals surface area contributed by atoms with Crippen LogP contribution < -0.4 is 0 Å². The molecule has 0 bridgehead atoms. The number of aliphatic hydroxyl groups is 1. The standard InChI is InChI=1S/C12H8O4S2/c13-8(6-9(14)12(15)16)7-3-5-18-11(7)10-2-1-4-17-10/h1-6,13H,(H,15,16). The predicted molar refractivity (Wildman–Crippen MR) is 70.9 cm³/mol. The number of carbonyl (C=O) groups excluding carboxylic acids is 1. The number of carboxylic acid groups (broad SMARTS) is 1. The van der Waals surface area contributed by atoms with Crippen LogP contribution in [0.5, 0.6) is 0 Å². The van der Waals surface area contributed by atoms with Crippen molar-refractivity contribution in [2.45, 2.75) is 0 Å². The second kappa shape index (κ2) is 5.16. The fraction of sp³-hybridized carbons (Fsp3) is 0. The van der Waals surface area contributed by atoms with Gasteiger partial charge in [-0.1, -0.05) is 6.07 Å². The van der Waals surface area contributed by atoms with E-state index in [-0.39, 0.29) is 5.76 Å². The van der Waals surface area contributed by atoms with Crippen molar-refractivity contribution in [2.75, 3.05) is 0 Å². The smallest absolute Gasteiger partial charge is 0.376 e. The Bertz CT molecular complexity index is 608. The molecule has 18 heavy (non-hydrogen) atoms. The van der Waals surface area contributed by atoms with Crippen LogP contribution in [0.15, 0.2) is 35.0 Å². The largest absolute Gasteiger partial charge is 0.507 e. The van der Waals surface area contributed by atoms with Crippen molar-refractivity contribution in [3.63, 3.8) is 0 Å². The first kappa shape index (κ1) is 12.5. The number of hydrogen-bond donors (Lipinski definition) is 2. The van der Waals surface area contributed by atoms with E-state index >= 15 is 0 Å². The normalized spacial score (nSPS) is 11.4. The third-order valence-electron chi connectivity index (χ3n) is 2.16. The van der Waals surface area contributed by atoms with E-state index in [1.165, 1.54) is 22.7 Å². The summed E-state index contributed by atoms with van der Waals surface area (Å²) in [6.45, 7) is 0. The minimum Gasteiger partial charge on any atom is -0.507 e. The molecule has 0 aromatic carbocycles. The molecular weight excluding hydrogens is 272 g/mol. The van der Waals surface area contributed by atoms with Crippen LogP contribution >= 0.6 is 22.7 Å². The van der Waals surface area contributed by atoms with Gasteiger partial charge in [0.25, 0.3) is 5.78 Å². The molecule has 0 radical (unpaired) electrons. The molecule has 92 valence electrons. The van der Waals surface area contributed by atoms with Gasteiger partial charge in [-0.3, -0.25) is 4.79 Å². The Morgan fingerprint density at radius 1 is 1.11 bits per heavy atom. The first-order valence-electron chi connectivity index (χ1n) is 4.89. The Labute approximate surface area is 110 Å². The Balaban J connectivity index is 2.38. The molecule has 0 atom stereocenters. The average Bonchev–Trinajstić information content (AvgIpc) is 2.99. The minimum atomic E-state index is -1.59. The molecule has 0 saturated heterocycles. The van der Waals surface area contributed by atoms with E-state index in [1.807, 2.05) is 17.5 Å². The van der Waals surface area contributed by atoms with Crippen LogP contribution in [0.4, 0.5) is 0 Å². The van der Waals surface area contributed by atoms with E-state index in [0.29, 0.717) is 5.56 Å². The highest BCUT2D eigenvalue weighted by Gasteiger charge is 2.15. The maximum atomic E-state index is 11.0. The molecule has 0 fully saturated rings. The number of ketones is 1. The summed E-state index contributed by atoms with van der Waals surface area (Å²) in [4.78, 5) is 23.2. The topological polar surface area (TPSA) is 74.6 Å². The summed E-state index contributed by atoms with van der Waals surface area (Å²) in [5, 5.41) is 22.0. The molecule has 0 unspecified atom stereocenters. The van der Waals surface area contributed by atoms with Gasteiger partial charge in [-0.15, -0.1) is 22.7 Å². The van der Waals surface area contributed by atoms with Gasteiger partial charge in [0.15, 0.2) is 0 Å². The zero-order valence-electron chi connectivity index (χ0n) is 8.99. The van der Waals surface area contributed by atoms with Crippen molar-refractivity contribution in [1.29, 1.82) is 0 Å². The second-order valence-electron chi connectivity index (χ2n) is 3.34. The van der Waals surface area contributed by atoms with E-state index in [2.05, 4.69) is 0 Å². The van der Waals surface area contributed by atoms with Crippen LogP contribution in [0.3, 0.4) is 0 Å². The molecule has 2 N–H and O–H groups in total. The molecule has 2 aromatic heterocycles. The number of carbonyl (C=O) groups is 2. The molecule has 4 nitrogen and oxygen atoms in total. The van der Waals surface area contributed by atoms with Gasteiger partial charge in [0.2, 0.25) is 0 Å². The molecule has 0 aliphatic rings. The molecule has 2 aromatic rings. The maximum absolute atomic E-state index is 11.0. The third-order valence-corrected chi connectivity index (χ3v) is 4.13. The average molecular weight is 280 g/mol. The molecule has 0 amide bonds. The summed E-state index contributed by atoms with van der Waals surface area (Å²) in [5.41, 5.74) is 0.469. The lowest BCUT2D eigenvalue weighted by Crippen LogP contribution is -2.09.